The molecule has 0 saturated heterocycles. The summed E-state index contributed by atoms with van der Waals surface area (Å²) in [5.74, 6) is 1.52. The largest absolute Gasteiger partial charge is 0.498 e. The number of hydrogen-bond acceptors (Lipinski definition) is 3. The summed E-state index contributed by atoms with van der Waals surface area (Å²) in [6, 6.07) is 7.83. The number of allylic oxidation sites excluding steroid dienone is 4. The smallest absolute Gasteiger partial charge is 0.118 e. The Hall–Kier alpha value is -2.10. The molecule has 0 atom stereocenters. The lowest BCUT2D eigenvalue weighted by Gasteiger charge is -2.10. The predicted octanol–water partition coefficient (Wildman–Crippen LogP) is 5.14. The van der Waals surface area contributed by atoms with Gasteiger partial charge in [0.05, 0.1) is 13.7 Å². The third kappa shape index (κ3) is 6.12. The van der Waals surface area contributed by atoms with Crippen LogP contribution in [0.4, 0.5) is 4.48 Å². The molecule has 0 bridgehead atoms. The standard InChI is InChI=1S/C18H24FNO2/c1-4-6-16(15-7-9-17(21-3)10-8-15)14-18(11-12-20-19)22-13-5-2/h6-10,12,14H,4-5,11,13H2,1-3H3/b16-6+,18-14+,20-12?. The van der Waals surface area contributed by atoms with Gasteiger partial charge in [-0.1, -0.05) is 41.8 Å². The van der Waals surface area contributed by atoms with E-state index >= 15 is 0 Å². The number of hydrogen-bond donors (Lipinski definition) is 0. The van der Waals surface area contributed by atoms with E-state index in [4.69, 9.17) is 9.47 Å². The maximum absolute atomic E-state index is 12.0. The SMILES string of the molecule is CC/C=C(\C=C(/CC=NF)OCCC)c1ccc(OC)cc1. The number of benzene rings is 1. The van der Waals surface area contributed by atoms with E-state index in [0.717, 1.165) is 29.7 Å². The summed E-state index contributed by atoms with van der Waals surface area (Å²) >= 11 is 0. The molecule has 1 rings (SSSR count). The summed E-state index contributed by atoms with van der Waals surface area (Å²) < 4.78 is 22.9. The molecule has 22 heavy (non-hydrogen) atoms. The van der Waals surface area contributed by atoms with Gasteiger partial charge in [-0.3, -0.25) is 0 Å². The monoisotopic (exact) mass is 305 g/mol. The zero-order chi connectivity index (χ0) is 16.2. The number of halogens is 1. The average molecular weight is 305 g/mol. The van der Waals surface area contributed by atoms with Gasteiger partial charge in [0.25, 0.3) is 0 Å². The summed E-state index contributed by atoms with van der Waals surface area (Å²) in [5.41, 5.74) is 2.11. The molecule has 4 heteroatoms. The molecule has 1 aromatic rings. The summed E-state index contributed by atoms with van der Waals surface area (Å²) in [6.45, 7) is 4.72. The van der Waals surface area contributed by atoms with Crippen molar-refractivity contribution in [3.05, 3.63) is 47.7 Å². The Kier molecular flexibility index (Phi) is 8.65. The van der Waals surface area contributed by atoms with Crippen LogP contribution >= 0.6 is 0 Å². The molecule has 0 amide bonds. The maximum Gasteiger partial charge on any atom is 0.118 e. The van der Waals surface area contributed by atoms with Gasteiger partial charge in [-0.05, 0) is 42.2 Å². The highest BCUT2D eigenvalue weighted by molar-refractivity contribution is 5.75. The van der Waals surface area contributed by atoms with E-state index < -0.39 is 0 Å². The topological polar surface area (TPSA) is 30.8 Å². The molecule has 1 aromatic carbocycles. The lowest BCUT2D eigenvalue weighted by Crippen LogP contribution is -1.96. The fourth-order valence-corrected chi connectivity index (χ4v) is 1.95. The van der Waals surface area contributed by atoms with Gasteiger partial charge >= 0.3 is 0 Å². The predicted molar refractivity (Wildman–Crippen MR) is 89.8 cm³/mol. The lowest BCUT2D eigenvalue weighted by atomic mass is 10.0. The highest BCUT2D eigenvalue weighted by Gasteiger charge is 2.03. The van der Waals surface area contributed by atoms with Crippen LogP contribution in [0.15, 0.2) is 47.4 Å². The molecule has 0 fully saturated rings. The minimum Gasteiger partial charge on any atom is -0.498 e. The second kappa shape index (κ2) is 10.6. The summed E-state index contributed by atoms with van der Waals surface area (Å²) in [4.78, 5) is 0. The number of methoxy groups -OCH3 is 1. The Morgan fingerprint density at radius 3 is 2.50 bits per heavy atom. The fraction of sp³-hybridized carbons (Fsp3) is 0.389. The van der Waals surface area contributed by atoms with E-state index in [2.05, 4.69) is 18.2 Å². The highest BCUT2D eigenvalue weighted by Crippen LogP contribution is 2.22. The van der Waals surface area contributed by atoms with Crippen LogP contribution in [0, 0.1) is 0 Å². The minimum atomic E-state index is 0.341. The second-order valence-electron chi connectivity index (χ2n) is 4.74. The molecule has 0 aliphatic carbocycles. The molecule has 0 aliphatic heterocycles. The molecular formula is C18H24FNO2. The van der Waals surface area contributed by atoms with Crippen LogP contribution in [0.5, 0.6) is 5.75 Å². The van der Waals surface area contributed by atoms with Crippen molar-refractivity contribution in [2.75, 3.05) is 13.7 Å². The van der Waals surface area contributed by atoms with Crippen LogP contribution in [0.25, 0.3) is 5.57 Å². The van der Waals surface area contributed by atoms with Crippen LogP contribution < -0.4 is 4.74 Å². The van der Waals surface area contributed by atoms with Gasteiger partial charge in [0, 0.05) is 12.6 Å². The van der Waals surface area contributed by atoms with Crippen molar-refractivity contribution >= 4 is 11.8 Å². The average Bonchev–Trinajstić information content (AvgIpc) is 2.56. The Bertz CT molecular complexity index is 518. The first-order valence-corrected chi connectivity index (χ1v) is 7.55. The first-order chi connectivity index (χ1) is 10.7. The Labute approximate surface area is 132 Å². The molecule has 0 radical (unpaired) electrons. The molecule has 0 heterocycles. The van der Waals surface area contributed by atoms with E-state index in [-0.39, 0.29) is 0 Å². The van der Waals surface area contributed by atoms with Gasteiger partial charge in [0.1, 0.15) is 11.5 Å². The van der Waals surface area contributed by atoms with Crippen LogP contribution in [-0.4, -0.2) is 19.9 Å². The van der Waals surface area contributed by atoms with Crippen molar-refractivity contribution in [1.82, 2.24) is 0 Å². The van der Waals surface area contributed by atoms with Crippen molar-refractivity contribution in [3.8, 4) is 5.75 Å². The maximum atomic E-state index is 12.0. The minimum absolute atomic E-state index is 0.341. The summed E-state index contributed by atoms with van der Waals surface area (Å²) in [6.07, 6.45) is 7.41. The van der Waals surface area contributed by atoms with Crippen molar-refractivity contribution < 1.29 is 14.0 Å². The first-order valence-electron chi connectivity index (χ1n) is 7.55. The number of ether oxygens (including phenoxy) is 2. The van der Waals surface area contributed by atoms with Crippen molar-refractivity contribution in [2.24, 2.45) is 5.21 Å². The van der Waals surface area contributed by atoms with Crippen molar-refractivity contribution in [2.45, 2.75) is 33.1 Å². The Morgan fingerprint density at radius 1 is 1.23 bits per heavy atom. The number of rotatable bonds is 9. The summed E-state index contributed by atoms with van der Waals surface area (Å²) in [7, 11) is 1.64. The third-order valence-corrected chi connectivity index (χ3v) is 3.02. The summed E-state index contributed by atoms with van der Waals surface area (Å²) in [5, 5.41) is 2.55. The van der Waals surface area contributed by atoms with Crippen molar-refractivity contribution in [3.63, 3.8) is 0 Å². The lowest BCUT2D eigenvalue weighted by molar-refractivity contribution is 0.210. The molecule has 0 saturated carbocycles. The fourth-order valence-electron chi connectivity index (χ4n) is 1.95. The molecule has 0 N–H and O–H groups in total. The third-order valence-electron chi connectivity index (χ3n) is 3.02. The van der Waals surface area contributed by atoms with E-state index in [0.29, 0.717) is 18.8 Å². The molecule has 0 spiro atoms. The molecular weight excluding hydrogens is 281 g/mol. The van der Waals surface area contributed by atoms with Crippen LogP contribution in [0.3, 0.4) is 0 Å². The Morgan fingerprint density at radius 2 is 1.95 bits per heavy atom. The second-order valence-corrected chi connectivity index (χ2v) is 4.74. The first kappa shape index (κ1) is 18.0. The van der Waals surface area contributed by atoms with Gasteiger partial charge in [-0.25, -0.2) is 0 Å². The van der Waals surface area contributed by atoms with Gasteiger partial charge in [-0.2, -0.15) is 0 Å². The van der Waals surface area contributed by atoms with Crippen LogP contribution in [0.1, 0.15) is 38.7 Å². The van der Waals surface area contributed by atoms with Gasteiger partial charge in [0.15, 0.2) is 0 Å². The highest BCUT2D eigenvalue weighted by atomic mass is 19.2. The van der Waals surface area contributed by atoms with Crippen LogP contribution in [0.2, 0.25) is 0 Å². The van der Waals surface area contributed by atoms with Gasteiger partial charge < -0.3 is 9.47 Å². The Balaban J connectivity index is 3.03. The quantitative estimate of drug-likeness (QED) is 0.359. The van der Waals surface area contributed by atoms with E-state index in [1.807, 2.05) is 37.3 Å². The van der Waals surface area contributed by atoms with Gasteiger partial charge in [0.2, 0.25) is 0 Å². The molecule has 3 nitrogen and oxygen atoms in total. The van der Waals surface area contributed by atoms with E-state index in [1.54, 1.807) is 7.11 Å². The van der Waals surface area contributed by atoms with Gasteiger partial charge in [-0.15, -0.1) is 0 Å². The molecule has 120 valence electrons. The van der Waals surface area contributed by atoms with Crippen LogP contribution in [-0.2, 0) is 4.74 Å². The zero-order valence-corrected chi connectivity index (χ0v) is 13.5. The molecule has 0 aliphatic rings. The van der Waals surface area contributed by atoms with E-state index in [9.17, 15) is 4.48 Å². The zero-order valence-electron chi connectivity index (χ0n) is 13.5. The van der Waals surface area contributed by atoms with E-state index in [1.165, 1.54) is 6.21 Å². The number of nitrogens with zero attached hydrogens (tertiary/aromatic N) is 1. The normalized spacial score (nSPS) is 12.7. The van der Waals surface area contributed by atoms with Crippen molar-refractivity contribution in [1.29, 1.82) is 0 Å². The molecule has 0 unspecified atom stereocenters. The molecule has 0 aromatic heterocycles.